The van der Waals surface area contributed by atoms with Crippen LogP contribution in [-0.2, 0) is 24.2 Å². The Morgan fingerprint density at radius 2 is 2.00 bits per heavy atom. The van der Waals surface area contributed by atoms with Crippen molar-refractivity contribution in [1.29, 1.82) is 0 Å². The third kappa shape index (κ3) is 2.97. The van der Waals surface area contributed by atoms with Gasteiger partial charge in [-0.15, -0.1) is 0 Å². The molecule has 0 heterocycles. The number of hydrogen-bond acceptors (Lipinski definition) is 2. The topological polar surface area (TPSA) is 43.1 Å². The van der Waals surface area contributed by atoms with Crippen LogP contribution < -0.4 is 0 Å². The van der Waals surface area contributed by atoms with E-state index in [1.54, 1.807) is 12.1 Å². The molecule has 3 nitrogen and oxygen atoms in total. The Hall–Kier alpha value is 0.285. The Kier molecular flexibility index (Phi) is 4.41. The average molecular weight is 464 g/mol. The summed E-state index contributed by atoms with van der Waals surface area (Å²) in [5.41, 5.74) is 1.43. The average Bonchev–Trinajstić information content (AvgIpc) is 2.06. The number of non-ortho nitro benzene ring substituents is 1. The van der Waals surface area contributed by atoms with Crippen molar-refractivity contribution in [2.45, 2.75) is 3.93 Å². The molecule has 5 heteroatoms. The molecule has 0 aliphatic rings. The summed E-state index contributed by atoms with van der Waals surface area (Å²) in [6, 6.07) is 6.87. The van der Waals surface area contributed by atoms with Gasteiger partial charge in [0.25, 0.3) is 0 Å². The third-order valence-electron chi connectivity index (χ3n) is 1.53. The number of rotatable bonds is 3. The zero-order valence-corrected chi connectivity index (χ0v) is 14.0. The van der Waals surface area contributed by atoms with E-state index in [-0.39, 0.29) is 10.6 Å². The summed E-state index contributed by atoms with van der Waals surface area (Å²) >= 11 is 1.85. The second-order valence-electron chi connectivity index (χ2n) is 2.36. The summed E-state index contributed by atoms with van der Waals surface area (Å²) in [5, 5.41) is 10.3. The van der Waals surface area contributed by atoms with E-state index in [1.807, 2.05) is 12.1 Å². The van der Waals surface area contributed by atoms with E-state index in [1.165, 1.54) is 9.49 Å². The van der Waals surface area contributed by atoms with Gasteiger partial charge >= 0.3 is 92.4 Å². The van der Waals surface area contributed by atoms with Gasteiger partial charge in [-0.1, -0.05) is 0 Å². The van der Waals surface area contributed by atoms with Crippen molar-refractivity contribution in [1.82, 2.24) is 0 Å². The fourth-order valence-electron chi connectivity index (χ4n) is 0.893. The van der Waals surface area contributed by atoms with Gasteiger partial charge in [-0.05, 0) is 0 Å². The van der Waals surface area contributed by atoms with Crippen molar-refractivity contribution in [3.63, 3.8) is 0 Å². The van der Waals surface area contributed by atoms with Crippen molar-refractivity contribution in [3.8, 4) is 0 Å². The van der Waals surface area contributed by atoms with Gasteiger partial charge in [0.05, 0.1) is 0 Å². The van der Waals surface area contributed by atoms with Crippen LogP contribution >= 0.6 is 17.7 Å². The first-order chi connectivity index (χ1) is 5.74. The number of nitro groups is 1. The van der Waals surface area contributed by atoms with Gasteiger partial charge in [0.15, 0.2) is 0 Å². The zero-order chi connectivity index (χ0) is 8.97. The molecule has 0 saturated carbocycles. The van der Waals surface area contributed by atoms with Crippen molar-refractivity contribution >= 4 is 23.4 Å². The Morgan fingerprint density at radius 1 is 1.42 bits per heavy atom. The molecular weight excluding hydrogens is 458 g/mol. The van der Waals surface area contributed by atoms with Gasteiger partial charge in [0.2, 0.25) is 0 Å². The van der Waals surface area contributed by atoms with Gasteiger partial charge < -0.3 is 0 Å². The Bertz CT molecular complexity index is 275. The molecule has 0 saturated heterocycles. The van der Waals surface area contributed by atoms with Crippen LogP contribution in [0.4, 0.5) is 5.69 Å². The number of nitro benzene ring substituents is 1. The van der Waals surface area contributed by atoms with Crippen molar-refractivity contribution in [2.24, 2.45) is 0 Å². The molecule has 0 aliphatic heterocycles. The molecule has 0 radical (unpaired) electrons. The molecule has 1 aromatic rings. The van der Waals surface area contributed by atoms with E-state index in [9.17, 15) is 10.1 Å². The zero-order valence-electron chi connectivity index (χ0n) is 6.37. The van der Waals surface area contributed by atoms with E-state index in [0.29, 0.717) is 0 Å². The summed E-state index contributed by atoms with van der Waals surface area (Å²) in [6.45, 7) is 0. The van der Waals surface area contributed by atoms with Crippen LogP contribution in [0.5, 0.6) is 0 Å². The maximum atomic E-state index is 10.3. The fraction of sp³-hybridized carbons (Fsp3) is 0.143. The molecule has 0 N–H and O–H groups in total. The number of halogens is 1. The fourth-order valence-corrected chi connectivity index (χ4v) is 8.50. The monoisotopic (exact) mass is 465 g/mol. The molecule has 0 bridgehead atoms. The minimum absolute atomic E-state index is 0.184. The number of nitrogens with zero attached hydrogens (tertiary/aromatic N) is 1. The summed E-state index contributed by atoms with van der Waals surface area (Å²) in [7, 11) is 0. The molecule has 12 heavy (non-hydrogen) atoms. The van der Waals surface area contributed by atoms with Crippen LogP contribution in [0.1, 0.15) is 5.56 Å². The Morgan fingerprint density at radius 3 is 2.42 bits per heavy atom. The van der Waals surface area contributed by atoms with Gasteiger partial charge in [0.1, 0.15) is 0 Å². The van der Waals surface area contributed by atoms with E-state index in [0.717, 1.165) is 0 Å². The van der Waals surface area contributed by atoms with Crippen LogP contribution in [-0.4, -0.2) is 4.92 Å². The Balaban J connectivity index is 2.78. The molecule has 0 fully saturated rings. The molecule has 0 aromatic heterocycles. The molecule has 0 atom stereocenters. The van der Waals surface area contributed by atoms with Gasteiger partial charge in [-0.2, -0.15) is 0 Å². The van der Waals surface area contributed by atoms with Gasteiger partial charge in [-0.3, -0.25) is 0 Å². The third-order valence-corrected chi connectivity index (χ3v) is 9.24. The second-order valence-corrected chi connectivity index (χ2v) is 15.2. The molecule has 0 amide bonds. The predicted molar refractivity (Wildman–Crippen MR) is 50.8 cm³/mol. The first-order valence-electron chi connectivity index (χ1n) is 3.53. The minimum atomic E-state index is -0.648. The first-order valence-corrected chi connectivity index (χ1v) is 22.9. The molecule has 0 aliphatic carbocycles. The van der Waals surface area contributed by atoms with Gasteiger partial charge in [-0.25, -0.2) is 0 Å². The van der Waals surface area contributed by atoms with E-state index < -0.39 is 20.2 Å². The van der Waals surface area contributed by atoms with Crippen LogP contribution in [0.15, 0.2) is 24.3 Å². The first kappa shape index (κ1) is 10.4. The normalized spacial score (nSPS) is 9.08. The SMILES string of the molecule is O=[N+]([O-])c1ccc([CH2][Hg][I])cc1. The van der Waals surface area contributed by atoms with Crippen molar-refractivity contribution in [2.75, 3.05) is 0 Å². The van der Waals surface area contributed by atoms with E-state index >= 15 is 0 Å². The van der Waals surface area contributed by atoms with Crippen molar-refractivity contribution < 1.29 is 25.2 Å². The standard InChI is InChI=1S/C7H6NO2.Hg.HI/c1-6-2-4-7(5-3-6)8(9)10;;/h2-5H,1H2;;1H/q;+1;/p-1. The summed E-state index contributed by atoms with van der Waals surface area (Å²) in [4.78, 5) is 9.93. The maximum absolute atomic E-state index is 10.3. The van der Waals surface area contributed by atoms with E-state index in [4.69, 9.17) is 0 Å². The van der Waals surface area contributed by atoms with Crippen LogP contribution in [0.3, 0.4) is 0 Å². The van der Waals surface area contributed by atoms with Crippen LogP contribution in [0.2, 0.25) is 0 Å². The number of hydrogen-bond donors (Lipinski definition) is 0. The second kappa shape index (κ2) is 5.11. The molecule has 1 rings (SSSR count). The van der Waals surface area contributed by atoms with E-state index in [2.05, 4.69) is 17.7 Å². The quantitative estimate of drug-likeness (QED) is 0.299. The molecule has 0 unspecified atom stereocenters. The summed E-state index contributed by atoms with van der Waals surface area (Å²) in [6.07, 6.45) is 0. The predicted octanol–water partition coefficient (Wildman–Crippen LogP) is 2.53. The summed E-state index contributed by atoms with van der Waals surface area (Å²) < 4.78 is 1.19. The number of benzene rings is 1. The molecular formula is C7H6HgINO2. The Labute approximate surface area is 91.5 Å². The van der Waals surface area contributed by atoms with Crippen LogP contribution in [0.25, 0.3) is 0 Å². The van der Waals surface area contributed by atoms with Crippen LogP contribution in [0, 0.1) is 10.1 Å². The van der Waals surface area contributed by atoms with Crippen molar-refractivity contribution in [3.05, 3.63) is 39.9 Å². The molecule has 60 valence electrons. The van der Waals surface area contributed by atoms with Gasteiger partial charge in [0, 0.05) is 0 Å². The summed E-state index contributed by atoms with van der Waals surface area (Å²) in [5.74, 6) is 0. The molecule has 1 aromatic carbocycles. The molecule has 0 spiro atoms.